The molecule has 0 bridgehead atoms. The molecule has 0 aliphatic carbocycles. The number of benzene rings is 2. The van der Waals surface area contributed by atoms with E-state index in [9.17, 15) is 27.8 Å². The quantitative estimate of drug-likeness (QED) is 0.343. The van der Waals surface area contributed by atoms with Crippen molar-refractivity contribution in [2.24, 2.45) is 5.73 Å². The Morgan fingerprint density at radius 1 is 1.13 bits per heavy atom. The van der Waals surface area contributed by atoms with Crippen LogP contribution in [0.5, 0.6) is 0 Å². The summed E-state index contributed by atoms with van der Waals surface area (Å²) in [6.07, 6.45) is 1.30. The van der Waals surface area contributed by atoms with Crippen LogP contribution in [0.4, 0.5) is 10.1 Å². The molecule has 0 radical (unpaired) electrons. The van der Waals surface area contributed by atoms with Crippen molar-refractivity contribution < 1.29 is 32.9 Å². The van der Waals surface area contributed by atoms with Crippen molar-refractivity contribution in [1.29, 1.82) is 0 Å². The molecule has 212 valence electrons. The van der Waals surface area contributed by atoms with Crippen LogP contribution in [-0.2, 0) is 14.8 Å². The van der Waals surface area contributed by atoms with Crippen LogP contribution in [0.3, 0.4) is 0 Å². The summed E-state index contributed by atoms with van der Waals surface area (Å²) in [5.41, 5.74) is 8.59. The number of carboxylic acids is 1. The molecule has 8 nitrogen and oxygen atoms in total. The number of aliphatic carboxylic acids is 1. The number of nitrogens with two attached hydrogens (primary N) is 1. The Morgan fingerprint density at radius 3 is 2.11 bits per heavy atom. The summed E-state index contributed by atoms with van der Waals surface area (Å²) < 4.78 is 39.0. The number of aliphatic hydroxyl groups excluding tert-OH is 2. The molecule has 0 heterocycles. The Hall–Kier alpha value is -2.79. The largest absolute Gasteiger partial charge is 0.481 e. The van der Waals surface area contributed by atoms with Gasteiger partial charge in [-0.25, -0.2) is 12.8 Å². The average molecular weight is 553 g/mol. The zero-order valence-corrected chi connectivity index (χ0v) is 24.0. The van der Waals surface area contributed by atoms with Crippen molar-refractivity contribution >= 4 is 27.8 Å². The van der Waals surface area contributed by atoms with E-state index in [1.54, 1.807) is 30.3 Å². The number of halogens is 1. The molecule has 0 aliphatic rings. The number of rotatable bonds is 10. The van der Waals surface area contributed by atoms with Crippen LogP contribution in [0.1, 0.15) is 64.5 Å². The van der Waals surface area contributed by atoms with Gasteiger partial charge in [-0.3, -0.25) is 9.10 Å². The lowest BCUT2D eigenvalue weighted by atomic mass is 9.88. The number of carboxylic acid groups (broad SMARTS) is 1. The van der Waals surface area contributed by atoms with Gasteiger partial charge in [-0.2, -0.15) is 0 Å². The van der Waals surface area contributed by atoms with Crippen LogP contribution in [0, 0.1) is 5.82 Å². The summed E-state index contributed by atoms with van der Waals surface area (Å²) in [5, 5.41) is 28.9. The second-order valence-electron chi connectivity index (χ2n) is 10.7. The average Bonchev–Trinajstić information content (AvgIpc) is 2.74. The Bertz CT molecular complexity index is 1200. The first-order valence-electron chi connectivity index (χ1n) is 12.2. The molecule has 5 N–H and O–H groups in total. The van der Waals surface area contributed by atoms with Gasteiger partial charge in [0.2, 0.25) is 10.0 Å². The van der Waals surface area contributed by atoms with Gasteiger partial charge in [0, 0.05) is 19.0 Å². The standard InChI is InChI=1S/C24H30FNO6S.C4H11N/c1-15(2)22-11-18(26(3)33(4,31)32)12-23(16-5-7-17(25)8-6-16)21(22)10-9-19(27)13-20(28)14-24(29)30;1-4(2,3)5/h5-12,15,19-20,27-28H,13-14H2,1-4H3,(H,29,30);5H2,1-3H3/b10-9+;/t19-,20-;/m1./s1. The lowest BCUT2D eigenvalue weighted by Gasteiger charge is -2.23. The number of hydrogen-bond donors (Lipinski definition) is 4. The topological polar surface area (TPSA) is 141 Å². The summed E-state index contributed by atoms with van der Waals surface area (Å²) in [6.45, 7) is 9.78. The van der Waals surface area contributed by atoms with Crippen molar-refractivity contribution in [3.63, 3.8) is 0 Å². The van der Waals surface area contributed by atoms with E-state index in [1.165, 1.54) is 25.3 Å². The zero-order valence-electron chi connectivity index (χ0n) is 23.1. The van der Waals surface area contributed by atoms with Crippen molar-refractivity contribution in [3.05, 3.63) is 59.4 Å². The number of hydrogen-bond acceptors (Lipinski definition) is 6. The van der Waals surface area contributed by atoms with Gasteiger partial charge >= 0.3 is 5.97 Å². The number of carbonyl (C=O) groups is 1. The van der Waals surface area contributed by atoms with Gasteiger partial charge in [-0.15, -0.1) is 0 Å². The molecule has 10 heteroatoms. The van der Waals surface area contributed by atoms with Gasteiger partial charge < -0.3 is 21.1 Å². The van der Waals surface area contributed by atoms with E-state index in [0.29, 0.717) is 22.4 Å². The van der Waals surface area contributed by atoms with Gasteiger partial charge in [0.25, 0.3) is 0 Å². The Balaban J connectivity index is 0.00000132. The molecule has 0 spiro atoms. The summed E-state index contributed by atoms with van der Waals surface area (Å²) >= 11 is 0. The third-order valence-corrected chi connectivity index (χ3v) is 6.45. The number of aliphatic hydroxyl groups is 2. The molecule has 0 saturated carbocycles. The fraction of sp³-hybridized carbons (Fsp3) is 0.464. The third kappa shape index (κ3) is 11.7. The first kappa shape index (κ1) is 33.2. The number of sulfonamides is 1. The van der Waals surface area contributed by atoms with Crippen LogP contribution < -0.4 is 10.0 Å². The Kier molecular flexibility index (Phi) is 12.1. The zero-order chi connectivity index (χ0) is 29.4. The smallest absolute Gasteiger partial charge is 0.305 e. The monoisotopic (exact) mass is 552 g/mol. The highest BCUT2D eigenvalue weighted by atomic mass is 32.2. The minimum Gasteiger partial charge on any atom is -0.481 e. The SMILES string of the molecule is CC(C)(C)N.CC(C)c1cc(N(C)S(C)(=O)=O)cc(-c2ccc(F)cc2)c1/C=C/[C@@H](O)C[C@@H](O)CC(=O)O. The van der Waals surface area contributed by atoms with Crippen molar-refractivity contribution in [1.82, 2.24) is 0 Å². The van der Waals surface area contributed by atoms with Gasteiger partial charge in [0.1, 0.15) is 5.82 Å². The molecule has 0 fully saturated rings. The van der Waals surface area contributed by atoms with Gasteiger partial charge in [-0.05, 0) is 73.2 Å². The fourth-order valence-corrected chi connectivity index (χ4v) is 3.90. The maximum Gasteiger partial charge on any atom is 0.305 e. The fourth-order valence-electron chi connectivity index (χ4n) is 3.41. The maximum atomic E-state index is 13.5. The number of nitrogens with zero attached hydrogens (tertiary/aromatic N) is 1. The van der Waals surface area contributed by atoms with Crippen LogP contribution >= 0.6 is 0 Å². The van der Waals surface area contributed by atoms with Crippen molar-refractivity contribution in [2.45, 2.75) is 71.1 Å². The van der Waals surface area contributed by atoms with Crippen LogP contribution in [0.2, 0.25) is 0 Å². The Morgan fingerprint density at radius 2 is 1.66 bits per heavy atom. The summed E-state index contributed by atoms with van der Waals surface area (Å²) in [7, 11) is -2.08. The van der Waals surface area contributed by atoms with E-state index in [-0.39, 0.29) is 17.9 Å². The van der Waals surface area contributed by atoms with E-state index in [4.69, 9.17) is 10.8 Å². The lowest BCUT2D eigenvalue weighted by molar-refractivity contribution is -0.139. The normalized spacial score (nSPS) is 13.7. The minimum atomic E-state index is -3.53. The molecular weight excluding hydrogens is 511 g/mol. The second-order valence-corrected chi connectivity index (χ2v) is 12.7. The summed E-state index contributed by atoms with van der Waals surface area (Å²) in [5.74, 6) is -1.59. The van der Waals surface area contributed by atoms with Gasteiger partial charge in [-0.1, -0.05) is 38.1 Å². The predicted octanol–water partition coefficient (Wildman–Crippen LogP) is 4.36. The highest BCUT2D eigenvalue weighted by molar-refractivity contribution is 7.92. The van der Waals surface area contributed by atoms with Crippen molar-refractivity contribution in [2.75, 3.05) is 17.6 Å². The molecule has 2 aromatic carbocycles. The third-order valence-electron chi connectivity index (χ3n) is 5.24. The molecule has 0 amide bonds. The van der Waals surface area contributed by atoms with Gasteiger partial charge in [0.15, 0.2) is 0 Å². The highest BCUT2D eigenvalue weighted by Gasteiger charge is 2.20. The molecule has 0 unspecified atom stereocenters. The Labute approximate surface area is 225 Å². The van der Waals surface area contributed by atoms with Crippen LogP contribution in [-0.4, -0.2) is 60.8 Å². The van der Waals surface area contributed by atoms with E-state index in [0.717, 1.165) is 16.1 Å². The molecule has 38 heavy (non-hydrogen) atoms. The predicted molar refractivity (Wildman–Crippen MR) is 151 cm³/mol. The van der Waals surface area contributed by atoms with E-state index in [1.807, 2.05) is 34.6 Å². The number of anilines is 1. The molecule has 2 rings (SSSR count). The lowest BCUT2D eigenvalue weighted by Crippen LogP contribution is -2.26. The molecular formula is C28H41FN2O6S. The molecule has 2 atom stereocenters. The second kappa shape index (κ2) is 13.8. The maximum absolute atomic E-state index is 13.5. The van der Waals surface area contributed by atoms with E-state index >= 15 is 0 Å². The molecule has 0 aromatic heterocycles. The summed E-state index contributed by atoms with van der Waals surface area (Å²) in [6, 6.07) is 9.23. The molecule has 0 aliphatic heterocycles. The minimum absolute atomic E-state index is 0. The summed E-state index contributed by atoms with van der Waals surface area (Å²) in [4.78, 5) is 10.7. The van der Waals surface area contributed by atoms with E-state index < -0.39 is 40.4 Å². The van der Waals surface area contributed by atoms with E-state index in [2.05, 4.69) is 0 Å². The first-order valence-corrected chi connectivity index (χ1v) is 14.1. The van der Waals surface area contributed by atoms with Gasteiger partial charge in [0.05, 0.1) is 30.6 Å². The highest BCUT2D eigenvalue weighted by Crippen LogP contribution is 2.36. The van der Waals surface area contributed by atoms with Crippen LogP contribution in [0.25, 0.3) is 17.2 Å². The molecule has 0 saturated heterocycles. The first-order chi connectivity index (χ1) is 17.3. The van der Waals surface area contributed by atoms with Crippen LogP contribution in [0.15, 0.2) is 42.5 Å². The van der Waals surface area contributed by atoms with Crippen molar-refractivity contribution in [3.8, 4) is 11.1 Å². The molecule has 2 aromatic rings.